The van der Waals surface area contributed by atoms with Crippen molar-refractivity contribution in [3.05, 3.63) is 35.9 Å². The molecule has 27 heavy (non-hydrogen) atoms. The molecule has 2 saturated heterocycles. The highest BCUT2D eigenvalue weighted by atomic mass is 16.2. The van der Waals surface area contributed by atoms with Crippen LogP contribution in [0.15, 0.2) is 30.3 Å². The Morgan fingerprint density at radius 2 is 1.44 bits per heavy atom. The molecular weight excluding hydrogens is 342 g/mol. The standard InChI is InChI=1S/C21H29N3O3/c1-16(21(27)24-14-12-23(13-15-24)17(2)25)22-10-8-19(9-11-22)20(26)18-6-4-3-5-7-18/h3-7,16,19H,8-15H2,1-2H3. The van der Waals surface area contributed by atoms with Gasteiger partial charge in [0.1, 0.15) is 0 Å². The molecule has 6 heteroatoms. The second kappa shape index (κ2) is 8.65. The minimum atomic E-state index is -0.179. The highest BCUT2D eigenvalue weighted by Gasteiger charge is 2.33. The minimum Gasteiger partial charge on any atom is -0.339 e. The molecule has 2 fully saturated rings. The predicted octanol–water partition coefficient (Wildman–Crippen LogP) is 1.66. The molecule has 0 N–H and O–H groups in total. The van der Waals surface area contributed by atoms with Gasteiger partial charge in [-0.15, -0.1) is 0 Å². The van der Waals surface area contributed by atoms with E-state index in [-0.39, 0.29) is 29.6 Å². The molecule has 2 aliphatic rings. The summed E-state index contributed by atoms with van der Waals surface area (Å²) in [6.45, 7) is 7.49. The van der Waals surface area contributed by atoms with Gasteiger partial charge < -0.3 is 9.80 Å². The number of hydrogen-bond acceptors (Lipinski definition) is 4. The van der Waals surface area contributed by atoms with Crippen LogP contribution >= 0.6 is 0 Å². The first kappa shape index (κ1) is 19.5. The van der Waals surface area contributed by atoms with Crippen molar-refractivity contribution in [3.63, 3.8) is 0 Å². The van der Waals surface area contributed by atoms with E-state index in [4.69, 9.17) is 0 Å². The first-order valence-electron chi connectivity index (χ1n) is 9.85. The quantitative estimate of drug-likeness (QED) is 0.756. The lowest BCUT2D eigenvalue weighted by molar-refractivity contribution is -0.142. The van der Waals surface area contributed by atoms with Crippen molar-refractivity contribution < 1.29 is 14.4 Å². The number of rotatable bonds is 4. The zero-order valence-corrected chi connectivity index (χ0v) is 16.3. The minimum absolute atomic E-state index is 0.0464. The number of carbonyl (C=O) groups excluding carboxylic acids is 3. The average molecular weight is 371 g/mol. The number of hydrogen-bond donors (Lipinski definition) is 0. The summed E-state index contributed by atoms with van der Waals surface area (Å²) in [5, 5.41) is 0. The second-order valence-corrected chi connectivity index (χ2v) is 7.55. The van der Waals surface area contributed by atoms with Gasteiger partial charge in [0.05, 0.1) is 6.04 Å². The predicted molar refractivity (Wildman–Crippen MR) is 103 cm³/mol. The van der Waals surface area contributed by atoms with Crippen LogP contribution in [0.2, 0.25) is 0 Å². The van der Waals surface area contributed by atoms with Gasteiger partial charge in [0.15, 0.2) is 5.78 Å². The van der Waals surface area contributed by atoms with E-state index < -0.39 is 0 Å². The van der Waals surface area contributed by atoms with Gasteiger partial charge in [-0.1, -0.05) is 30.3 Å². The summed E-state index contributed by atoms with van der Waals surface area (Å²) < 4.78 is 0. The van der Waals surface area contributed by atoms with Crippen LogP contribution in [0.3, 0.4) is 0 Å². The van der Waals surface area contributed by atoms with Crippen LogP contribution in [-0.2, 0) is 9.59 Å². The van der Waals surface area contributed by atoms with E-state index in [0.29, 0.717) is 26.2 Å². The molecule has 3 rings (SSSR count). The van der Waals surface area contributed by atoms with Crippen molar-refractivity contribution in [2.75, 3.05) is 39.3 Å². The average Bonchev–Trinajstić information content (AvgIpc) is 2.73. The number of benzene rings is 1. The highest BCUT2D eigenvalue weighted by molar-refractivity contribution is 5.97. The van der Waals surface area contributed by atoms with Gasteiger partial charge in [-0.25, -0.2) is 0 Å². The van der Waals surface area contributed by atoms with Crippen LogP contribution < -0.4 is 0 Å². The maximum atomic E-state index is 12.8. The molecule has 0 spiro atoms. The first-order chi connectivity index (χ1) is 13.0. The fraction of sp³-hybridized carbons (Fsp3) is 0.571. The van der Waals surface area contributed by atoms with E-state index in [1.165, 1.54) is 0 Å². The molecular formula is C21H29N3O3. The van der Waals surface area contributed by atoms with Gasteiger partial charge in [0.25, 0.3) is 0 Å². The number of piperazine rings is 1. The third kappa shape index (κ3) is 4.56. The molecule has 0 saturated carbocycles. The SMILES string of the molecule is CC(=O)N1CCN(C(=O)C(C)N2CCC(C(=O)c3ccccc3)CC2)CC1. The molecule has 0 radical (unpaired) electrons. The first-order valence-corrected chi connectivity index (χ1v) is 9.85. The van der Waals surface area contributed by atoms with Gasteiger partial charge in [0.2, 0.25) is 11.8 Å². The molecule has 2 amide bonds. The van der Waals surface area contributed by atoms with Gasteiger partial charge in [-0.2, -0.15) is 0 Å². The Hall–Kier alpha value is -2.21. The summed E-state index contributed by atoms with van der Waals surface area (Å²) in [6, 6.07) is 9.29. The van der Waals surface area contributed by atoms with E-state index in [1.54, 1.807) is 11.8 Å². The van der Waals surface area contributed by atoms with Gasteiger partial charge in [-0.05, 0) is 32.9 Å². The van der Waals surface area contributed by atoms with Crippen LogP contribution in [0, 0.1) is 5.92 Å². The summed E-state index contributed by atoms with van der Waals surface area (Å²) in [4.78, 5) is 42.7. The van der Waals surface area contributed by atoms with Gasteiger partial charge >= 0.3 is 0 Å². The number of nitrogens with zero attached hydrogens (tertiary/aromatic N) is 3. The van der Waals surface area contributed by atoms with E-state index in [1.807, 2.05) is 42.2 Å². The number of amides is 2. The summed E-state index contributed by atoms with van der Waals surface area (Å²) in [7, 11) is 0. The number of Topliss-reactive ketones (excluding diaryl/α,β-unsaturated/α-hetero) is 1. The number of carbonyl (C=O) groups is 3. The van der Waals surface area contributed by atoms with Gasteiger partial charge in [-0.3, -0.25) is 19.3 Å². The van der Waals surface area contributed by atoms with Crippen LogP contribution in [-0.4, -0.2) is 77.6 Å². The summed E-state index contributed by atoms with van der Waals surface area (Å²) >= 11 is 0. The molecule has 0 aromatic heterocycles. The van der Waals surface area contributed by atoms with Crippen molar-refractivity contribution in [2.45, 2.75) is 32.7 Å². The van der Waals surface area contributed by atoms with Crippen LogP contribution in [0.4, 0.5) is 0 Å². The molecule has 6 nitrogen and oxygen atoms in total. The normalized spacial score (nSPS) is 20.4. The molecule has 1 aromatic rings. The largest absolute Gasteiger partial charge is 0.339 e. The fourth-order valence-electron chi connectivity index (χ4n) is 4.05. The van der Waals surface area contributed by atoms with Crippen LogP contribution in [0.25, 0.3) is 0 Å². The molecule has 0 bridgehead atoms. The van der Waals surface area contributed by atoms with E-state index in [2.05, 4.69) is 4.90 Å². The third-order valence-corrected chi connectivity index (χ3v) is 5.90. The topological polar surface area (TPSA) is 60.9 Å². The van der Waals surface area contributed by atoms with E-state index in [9.17, 15) is 14.4 Å². The van der Waals surface area contributed by atoms with Crippen LogP contribution in [0.5, 0.6) is 0 Å². The third-order valence-electron chi connectivity index (χ3n) is 5.90. The Morgan fingerprint density at radius 1 is 0.889 bits per heavy atom. The number of piperidine rings is 1. The van der Waals surface area contributed by atoms with Crippen molar-refractivity contribution in [1.29, 1.82) is 0 Å². The molecule has 146 valence electrons. The molecule has 1 atom stereocenters. The molecule has 2 heterocycles. The summed E-state index contributed by atoms with van der Waals surface area (Å²) in [6.07, 6.45) is 1.59. The van der Waals surface area contributed by atoms with E-state index >= 15 is 0 Å². The Balaban J connectivity index is 1.49. The van der Waals surface area contributed by atoms with E-state index in [0.717, 1.165) is 31.5 Å². The maximum Gasteiger partial charge on any atom is 0.239 e. The Morgan fingerprint density at radius 3 is 2.00 bits per heavy atom. The van der Waals surface area contributed by atoms with Crippen molar-refractivity contribution in [3.8, 4) is 0 Å². The number of ketones is 1. The number of likely N-dealkylation sites (tertiary alicyclic amines) is 1. The van der Waals surface area contributed by atoms with Crippen LogP contribution in [0.1, 0.15) is 37.0 Å². The zero-order valence-electron chi connectivity index (χ0n) is 16.3. The maximum absolute atomic E-state index is 12.8. The summed E-state index contributed by atoms with van der Waals surface area (Å²) in [5.41, 5.74) is 0.781. The molecule has 1 aromatic carbocycles. The highest BCUT2D eigenvalue weighted by Crippen LogP contribution is 2.23. The second-order valence-electron chi connectivity index (χ2n) is 7.55. The monoisotopic (exact) mass is 371 g/mol. The smallest absolute Gasteiger partial charge is 0.239 e. The lowest BCUT2D eigenvalue weighted by Gasteiger charge is -2.39. The molecule has 0 aliphatic carbocycles. The van der Waals surface area contributed by atoms with Crippen molar-refractivity contribution in [2.24, 2.45) is 5.92 Å². The molecule has 2 aliphatic heterocycles. The Labute approximate surface area is 161 Å². The lowest BCUT2D eigenvalue weighted by Crippen LogP contribution is -2.55. The Kier molecular flexibility index (Phi) is 6.26. The van der Waals surface area contributed by atoms with Crippen molar-refractivity contribution in [1.82, 2.24) is 14.7 Å². The lowest BCUT2D eigenvalue weighted by atomic mass is 9.88. The Bertz CT molecular complexity index is 675. The summed E-state index contributed by atoms with van der Waals surface area (Å²) in [5.74, 6) is 0.464. The fourth-order valence-corrected chi connectivity index (χ4v) is 4.05. The van der Waals surface area contributed by atoms with Crippen molar-refractivity contribution >= 4 is 17.6 Å². The van der Waals surface area contributed by atoms with Gasteiger partial charge in [0, 0.05) is 44.6 Å². The molecule has 1 unspecified atom stereocenters. The zero-order chi connectivity index (χ0) is 19.4.